The molecule has 2 aromatic rings. The number of phenolic OH excluding ortho intramolecular Hbond substituents is 1. The van der Waals surface area contributed by atoms with Crippen molar-refractivity contribution < 1.29 is 9.90 Å². The number of rotatable bonds is 4. The van der Waals surface area contributed by atoms with E-state index in [4.69, 9.17) is 5.73 Å². The molecule has 21 heavy (non-hydrogen) atoms. The molecule has 0 aliphatic rings. The zero-order chi connectivity index (χ0) is 15.4. The highest BCUT2D eigenvalue weighted by molar-refractivity contribution is 5.92. The maximum Gasteiger partial charge on any atom is 0.226 e. The molecule has 0 saturated heterocycles. The molecular formula is C17H20N2O2. The minimum atomic E-state index is -0.342. The van der Waals surface area contributed by atoms with Gasteiger partial charge in [-0.1, -0.05) is 36.4 Å². The molecule has 4 heteroatoms. The molecule has 0 spiro atoms. The van der Waals surface area contributed by atoms with E-state index in [1.165, 1.54) is 0 Å². The second-order valence-electron chi connectivity index (χ2n) is 5.17. The lowest BCUT2D eigenvalue weighted by Gasteiger charge is -2.14. The minimum Gasteiger partial charge on any atom is -0.507 e. The number of nitrogens with two attached hydrogens (primary N) is 1. The van der Waals surface area contributed by atoms with Gasteiger partial charge in [0, 0.05) is 23.7 Å². The fourth-order valence-electron chi connectivity index (χ4n) is 2.19. The molecule has 2 rings (SSSR count). The third-order valence-corrected chi connectivity index (χ3v) is 3.54. The predicted molar refractivity (Wildman–Crippen MR) is 84.2 cm³/mol. The van der Waals surface area contributed by atoms with Crippen LogP contribution in [-0.2, 0) is 4.79 Å². The first-order chi connectivity index (χ1) is 9.99. The third-order valence-electron chi connectivity index (χ3n) is 3.54. The quantitative estimate of drug-likeness (QED) is 0.807. The highest BCUT2D eigenvalue weighted by atomic mass is 16.3. The van der Waals surface area contributed by atoms with Gasteiger partial charge in [0.2, 0.25) is 5.91 Å². The third kappa shape index (κ3) is 3.61. The summed E-state index contributed by atoms with van der Waals surface area (Å²) < 4.78 is 0. The Morgan fingerprint density at radius 1 is 1.19 bits per heavy atom. The van der Waals surface area contributed by atoms with Crippen LogP contribution in [0, 0.1) is 13.8 Å². The summed E-state index contributed by atoms with van der Waals surface area (Å²) in [6.07, 6.45) is 0.193. The summed E-state index contributed by atoms with van der Waals surface area (Å²) in [5.41, 5.74) is 9.02. The standard InChI is InChI=1S/C17H20N2O2/c1-11-8-9-15(12(2)17(11)21)19-16(20)10-14(18)13-6-4-3-5-7-13/h3-9,14,21H,10,18H2,1-2H3,(H,19,20). The van der Waals surface area contributed by atoms with Crippen LogP contribution in [0.5, 0.6) is 5.75 Å². The van der Waals surface area contributed by atoms with E-state index < -0.39 is 0 Å². The smallest absolute Gasteiger partial charge is 0.226 e. The molecule has 2 aromatic carbocycles. The molecule has 4 N–H and O–H groups in total. The van der Waals surface area contributed by atoms with Crippen LogP contribution in [0.2, 0.25) is 0 Å². The monoisotopic (exact) mass is 284 g/mol. The van der Waals surface area contributed by atoms with Gasteiger partial charge in [0.15, 0.2) is 0 Å². The van der Waals surface area contributed by atoms with Crippen LogP contribution in [0.25, 0.3) is 0 Å². The number of carbonyl (C=O) groups is 1. The summed E-state index contributed by atoms with van der Waals surface area (Å²) >= 11 is 0. The second kappa shape index (κ2) is 6.41. The van der Waals surface area contributed by atoms with E-state index in [-0.39, 0.29) is 24.1 Å². The lowest BCUT2D eigenvalue weighted by Crippen LogP contribution is -2.21. The molecule has 1 unspecified atom stereocenters. The first kappa shape index (κ1) is 15.1. The number of carbonyl (C=O) groups excluding carboxylic acids is 1. The topological polar surface area (TPSA) is 75.4 Å². The average Bonchev–Trinajstić information content (AvgIpc) is 2.49. The highest BCUT2D eigenvalue weighted by Gasteiger charge is 2.13. The summed E-state index contributed by atoms with van der Waals surface area (Å²) in [6.45, 7) is 3.59. The maximum absolute atomic E-state index is 12.1. The Bertz CT molecular complexity index is 639. The average molecular weight is 284 g/mol. The van der Waals surface area contributed by atoms with Crippen LogP contribution in [0.1, 0.15) is 29.2 Å². The summed E-state index contributed by atoms with van der Waals surface area (Å²) in [7, 11) is 0. The number of aryl methyl sites for hydroxylation is 1. The molecule has 0 heterocycles. The molecule has 0 saturated carbocycles. The number of benzene rings is 2. The van der Waals surface area contributed by atoms with Crippen molar-refractivity contribution >= 4 is 11.6 Å². The minimum absolute atomic E-state index is 0.169. The molecule has 0 radical (unpaired) electrons. The van der Waals surface area contributed by atoms with E-state index in [0.717, 1.165) is 11.1 Å². The maximum atomic E-state index is 12.1. The first-order valence-electron chi connectivity index (χ1n) is 6.88. The van der Waals surface area contributed by atoms with Crippen molar-refractivity contribution in [3.8, 4) is 5.75 Å². The van der Waals surface area contributed by atoms with Crippen LogP contribution < -0.4 is 11.1 Å². The van der Waals surface area contributed by atoms with E-state index in [1.807, 2.05) is 37.3 Å². The molecular weight excluding hydrogens is 264 g/mol. The predicted octanol–water partition coefficient (Wildman–Crippen LogP) is 3.04. The zero-order valence-corrected chi connectivity index (χ0v) is 12.3. The highest BCUT2D eigenvalue weighted by Crippen LogP contribution is 2.28. The lowest BCUT2D eigenvalue weighted by molar-refractivity contribution is -0.116. The van der Waals surface area contributed by atoms with Crippen molar-refractivity contribution in [2.24, 2.45) is 5.73 Å². The number of amides is 1. The van der Waals surface area contributed by atoms with Crippen molar-refractivity contribution in [2.45, 2.75) is 26.3 Å². The van der Waals surface area contributed by atoms with Crippen LogP contribution in [0.3, 0.4) is 0 Å². The molecule has 4 nitrogen and oxygen atoms in total. The van der Waals surface area contributed by atoms with Gasteiger partial charge in [-0.05, 0) is 31.0 Å². The normalized spacial score (nSPS) is 12.0. The van der Waals surface area contributed by atoms with Gasteiger partial charge in [-0.15, -0.1) is 0 Å². The number of hydrogen-bond donors (Lipinski definition) is 3. The van der Waals surface area contributed by atoms with Gasteiger partial charge in [0.25, 0.3) is 0 Å². The van der Waals surface area contributed by atoms with E-state index in [9.17, 15) is 9.90 Å². The number of hydrogen-bond acceptors (Lipinski definition) is 3. The fraction of sp³-hybridized carbons (Fsp3) is 0.235. The van der Waals surface area contributed by atoms with Gasteiger partial charge in [-0.25, -0.2) is 0 Å². The molecule has 0 bridgehead atoms. The summed E-state index contributed by atoms with van der Waals surface area (Å²) in [6, 6.07) is 12.7. The van der Waals surface area contributed by atoms with Gasteiger partial charge >= 0.3 is 0 Å². The number of anilines is 1. The van der Waals surface area contributed by atoms with Crippen LogP contribution in [-0.4, -0.2) is 11.0 Å². The fourth-order valence-corrected chi connectivity index (χ4v) is 2.19. The van der Waals surface area contributed by atoms with Crippen LogP contribution in [0.4, 0.5) is 5.69 Å². The van der Waals surface area contributed by atoms with Crippen molar-refractivity contribution in [3.63, 3.8) is 0 Å². The summed E-state index contributed by atoms with van der Waals surface area (Å²) in [5.74, 6) is 0.0397. The van der Waals surface area contributed by atoms with E-state index >= 15 is 0 Å². The van der Waals surface area contributed by atoms with Crippen LogP contribution >= 0.6 is 0 Å². The Kier molecular flexibility index (Phi) is 4.60. The van der Waals surface area contributed by atoms with Crippen LogP contribution in [0.15, 0.2) is 42.5 Å². The number of aromatic hydroxyl groups is 1. The summed E-state index contributed by atoms with van der Waals surface area (Å²) in [5, 5.41) is 12.7. The van der Waals surface area contributed by atoms with Gasteiger partial charge in [-0.2, -0.15) is 0 Å². The first-order valence-corrected chi connectivity index (χ1v) is 6.88. The molecule has 0 aliphatic heterocycles. The Balaban J connectivity index is 2.04. The van der Waals surface area contributed by atoms with Crippen molar-refractivity contribution in [2.75, 3.05) is 5.32 Å². The summed E-state index contributed by atoms with van der Waals surface area (Å²) in [4.78, 5) is 12.1. The van der Waals surface area contributed by atoms with Gasteiger partial charge in [0.1, 0.15) is 5.75 Å². The molecule has 110 valence electrons. The van der Waals surface area contributed by atoms with Crippen molar-refractivity contribution in [3.05, 3.63) is 59.2 Å². The Hall–Kier alpha value is -2.33. The largest absolute Gasteiger partial charge is 0.507 e. The second-order valence-corrected chi connectivity index (χ2v) is 5.17. The number of phenols is 1. The van der Waals surface area contributed by atoms with Crippen molar-refractivity contribution in [1.29, 1.82) is 0 Å². The zero-order valence-electron chi connectivity index (χ0n) is 12.3. The molecule has 1 atom stereocenters. The Labute approximate surface area is 124 Å². The van der Waals surface area contributed by atoms with Gasteiger partial charge < -0.3 is 16.2 Å². The van der Waals surface area contributed by atoms with E-state index in [2.05, 4.69) is 5.32 Å². The Morgan fingerprint density at radius 3 is 2.52 bits per heavy atom. The van der Waals surface area contributed by atoms with Gasteiger partial charge in [-0.3, -0.25) is 4.79 Å². The molecule has 0 fully saturated rings. The molecule has 0 aromatic heterocycles. The SMILES string of the molecule is Cc1ccc(NC(=O)CC(N)c2ccccc2)c(C)c1O. The van der Waals surface area contributed by atoms with E-state index in [1.54, 1.807) is 19.1 Å². The van der Waals surface area contributed by atoms with Gasteiger partial charge in [0.05, 0.1) is 0 Å². The lowest BCUT2D eigenvalue weighted by atomic mass is 10.0. The molecule has 1 amide bonds. The van der Waals surface area contributed by atoms with Crippen molar-refractivity contribution in [1.82, 2.24) is 0 Å². The van der Waals surface area contributed by atoms with E-state index in [0.29, 0.717) is 11.3 Å². The molecule has 0 aliphatic carbocycles. The number of nitrogens with one attached hydrogen (secondary N) is 1. The Morgan fingerprint density at radius 2 is 1.86 bits per heavy atom.